The van der Waals surface area contributed by atoms with Crippen LogP contribution in [0.3, 0.4) is 0 Å². The number of aromatic nitrogens is 4. The SMILES string of the molecule is Cc1nn(C(F)F)c(C)c1CC(=O)Nc1cnn(C2CCN(C)CC2)c1. The van der Waals surface area contributed by atoms with Gasteiger partial charge in [-0.2, -0.15) is 19.0 Å². The van der Waals surface area contributed by atoms with Gasteiger partial charge in [-0.3, -0.25) is 9.48 Å². The van der Waals surface area contributed by atoms with Crippen molar-refractivity contribution in [1.29, 1.82) is 0 Å². The Bertz CT molecular complexity index is 776. The van der Waals surface area contributed by atoms with E-state index < -0.39 is 6.55 Å². The standard InChI is InChI=1S/C17H24F2N6O/c1-11-15(12(2)25(22-11)17(18)19)8-16(26)21-13-9-20-24(10-13)14-4-6-23(3)7-5-14/h9-10,14,17H,4-8H2,1-3H3,(H,21,26). The summed E-state index contributed by atoms with van der Waals surface area (Å²) in [4.78, 5) is 14.6. The molecular formula is C17H24F2N6O. The van der Waals surface area contributed by atoms with Crippen LogP contribution in [0.5, 0.6) is 0 Å². The number of anilines is 1. The molecule has 0 radical (unpaired) electrons. The predicted molar refractivity (Wildman–Crippen MR) is 93.3 cm³/mol. The normalized spacial score (nSPS) is 16.4. The van der Waals surface area contributed by atoms with Crippen LogP contribution in [0.25, 0.3) is 0 Å². The first kappa shape index (κ1) is 18.5. The van der Waals surface area contributed by atoms with Gasteiger partial charge in [-0.15, -0.1) is 0 Å². The number of alkyl halides is 2. The van der Waals surface area contributed by atoms with Crippen LogP contribution in [-0.2, 0) is 11.2 Å². The Morgan fingerprint density at radius 3 is 2.65 bits per heavy atom. The molecule has 9 heteroatoms. The molecule has 0 aromatic carbocycles. The van der Waals surface area contributed by atoms with Crippen molar-refractivity contribution in [1.82, 2.24) is 24.5 Å². The van der Waals surface area contributed by atoms with Gasteiger partial charge in [0.2, 0.25) is 5.91 Å². The third-order valence-corrected chi connectivity index (χ3v) is 4.94. The molecular weight excluding hydrogens is 342 g/mol. The van der Waals surface area contributed by atoms with E-state index in [2.05, 4.69) is 27.5 Å². The van der Waals surface area contributed by atoms with Gasteiger partial charge in [0.05, 0.1) is 30.0 Å². The number of likely N-dealkylation sites (tertiary alicyclic amines) is 1. The predicted octanol–water partition coefficient (Wildman–Crippen LogP) is 2.54. The van der Waals surface area contributed by atoms with Crippen LogP contribution >= 0.6 is 0 Å². The number of carbonyl (C=O) groups excluding carboxylic acids is 1. The zero-order valence-electron chi connectivity index (χ0n) is 15.2. The number of carbonyl (C=O) groups is 1. The van der Waals surface area contributed by atoms with Crippen LogP contribution in [0.15, 0.2) is 12.4 Å². The molecule has 0 saturated carbocycles. The van der Waals surface area contributed by atoms with Gasteiger partial charge in [-0.25, -0.2) is 4.68 Å². The molecule has 0 spiro atoms. The summed E-state index contributed by atoms with van der Waals surface area (Å²) in [7, 11) is 2.10. The average Bonchev–Trinajstić information content (AvgIpc) is 3.15. The van der Waals surface area contributed by atoms with E-state index in [0.717, 1.165) is 25.9 Å². The van der Waals surface area contributed by atoms with Crippen LogP contribution in [0, 0.1) is 13.8 Å². The number of halogens is 2. The Labute approximate surface area is 151 Å². The maximum Gasteiger partial charge on any atom is 0.333 e. The highest BCUT2D eigenvalue weighted by Gasteiger charge is 2.21. The lowest BCUT2D eigenvalue weighted by atomic mass is 10.1. The second kappa shape index (κ2) is 7.53. The highest BCUT2D eigenvalue weighted by Crippen LogP contribution is 2.23. The quantitative estimate of drug-likeness (QED) is 0.883. The van der Waals surface area contributed by atoms with Gasteiger partial charge < -0.3 is 10.2 Å². The number of aryl methyl sites for hydroxylation is 1. The highest BCUT2D eigenvalue weighted by molar-refractivity contribution is 5.92. The lowest BCUT2D eigenvalue weighted by molar-refractivity contribution is -0.115. The van der Waals surface area contributed by atoms with E-state index in [1.807, 2.05) is 10.9 Å². The summed E-state index contributed by atoms with van der Waals surface area (Å²) in [5.74, 6) is -0.270. The van der Waals surface area contributed by atoms with Crippen LogP contribution in [0.1, 0.15) is 42.4 Å². The number of hydrogen-bond donors (Lipinski definition) is 1. The van der Waals surface area contributed by atoms with Gasteiger partial charge in [-0.1, -0.05) is 0 Å². The minimum absolute atomic E-state index is 0.00376. The fourth-order valence-electron chi connectivity index (χ4n) is 3.37. The molecule has 3 heterocycles. The topological polar surface area (TPSA) is 68.0 Å². The van der Waals surface area contributed by atoms with Crippen molar-refractivity contribution in [2.75, 3.05) is 25.5 Å². The van der Waals surface area contributed by atoms with E-state index in [4.69, 9.17) is 0 Å². The van der Waals surface area contributed by atoms with Crippen molar-refractivity contribution in [3.8, 4) is 0 Å². The van der Waals surface area contributed by atoms with Crippen LogP contribution in [0.2, 0.25) is 0 Å². The number of piperidine rings is 1. The van der Waals surface area contributed by atoms with Gasteiger partial charge in [0, 0.05) is 17.5 Å². The molecule has 2 aromatic heterocycles. The van der Waals surface area contributed by atoms with E-state index in [1.165, 1.54) is 0 Å². The summed E-state index contributed by atoms with van der Waals surface area (Å²) in [5, 5.41) is 11.0. The molecule has 142 valence electrons. The molecule has 1 N–H and O–H groups in total. The monoisotopic (exact) mass is 366 g/mol. The fourth-order valence-corrected chi connectivity index (χ4v) is 3.37. The largest absolute Gasteiger partial charge is 0.333 e. The van der Waals surface area contributed by atoms with Gasteiger partial charge in [-0.05, 0) is 46.8 Å². The molecule has 1 fully saturated rings. The molecule has 0 aliphatic carbocycles. The molecule has 1 saturated heterocycles. The molecule has 3 rings (SSSR count). The maximum atomic E-state index is 12.9. The summed E-state index contributed by atoms with van der Waals surface area (Å²) in [6.45, 7) is 2.52. The minimum Gasteiger partial charge on any atom is -0.323 e. The Morgan fingerprint density at radius 1 is 1.35 bits per heavy atom. The van der Waals surface area contributed by atoms with E-state index in [1.54, 1.807) is 20.0 Å². The summed E-state index contributed by atoms with van der Waals surface area (Å²) in [5.41, 5.74) is 1.91. The van der Waals surface area contributed by atoms with Crippen molar-refractivity contribution in [2.45, 2.75) is 45.7 Å². The molecule has 0 bridgehead atoms. The van der Waals surface area contributed by atoms with E-state index in [0.29, 0.717) is 33.4 Å². The first-order chi connectivity index (χ1) is 12.3. The van der Waals surface area contributed by atoms with Crippen molar-refractivity contribution in [3.05, 3.63) is 29.3 Å². The van der Waals surface area contributed by atoms with Crippen LogP contribution < -0.4 is 5.32 Å². The molecule has 1 aliphatic rings. The van der Waals surface area contributed by atoms with Gasteiger partial charge >= 0.3 is 6.55 Å². The fraction of sp³-hybridized carbons (Fsp3) is 0.588. The lowest BCUT2D eigenvalue weighted by Crippen LogP contribution is -2.31. The Balaban J connectivity index is 1.63. The Hall–Kier alpha value is -2.29. The summed E-state index contributed by atoms with van der Waals surface area (Å²) >= 11 is 0. The first-order valence-corrected chi connectivity index (χ1v) is 8.70. The molecule has 7 nitrogen and oxygen atoms in total. The molecule has 2 aromatic rings. The Kier molecular flexibility index (Phi) is 5.36. The number of rotatable bonds is 5. The van der Waals surface area contributed by atoms with Crippen LogP contribution in [-0.4, -0.2) is 50.5 Å². The van der Waals surface area contributed by atoms with Gasteiger partial charge in [0.15, 0.2) is 0 Å². The number of nitrogens with zero attached hydrogens (tertiary/aromatic N) is 5. The van der Waals surface area contributed by atoms with Gasteiger partial charge in [0.25, 0.3) is 0 Å². The van der Waals surface area contributed by atoms with Crippen molar-refractivity contribution in [3.63, 3.8) is 0 Å². The average molecular weight is 366 g/mol. The van der Waals surface area contributed by atoms with Crippen molar-refractivity contribution < 1.29 is 13.6 Å². The number of nitrogens with one attached hydrogen (secondary N) is 1. The van der Waals surface area contributed by atoms with E-state index in [9.17, 15) is 13.6 Å². The van der Waals surface area contributed by atoms with Crippen LogP contribution in [0.4, 0.5) is 14.5 Å². The van der Waals surface area contributed by atoms with Crippen molar-refractivity contribution >= 4 is 11.6 Å². The number of amides is 1. The molecule has 0 unspecified atom stereocenters. The van der Waals surface area contributed by atoms with Crippen molar-refractivity contribution in [2.24, 2.45) is 0 Å². The smallest absolute Gasteiger partial charge is 0.323 e. The number of hydrogen-bond acceptors (Lipinski definition) is 4. The second-order valence-electron chi connectivity index (χ2n) is 6.84. The minimum atomic E-state index is -2.71. The third kappa shape index (κ3) is 3.92. The zero-order chi connectivity index (χ0) is 18.8. The second-order valence-corrected chi connectivity index (χ2v) is 6.84. The summed E-state index contributed by atoms with van der Waals surface area (Å²) in [6, 6.07) is 0.339. The maximum absolute atomic E-state index is 12.9. The Morgan fingerprint density at radius 2 is 2.04 bits per heavy atom. The molecule has 26 heavy (non-hydrogen) atoms. The van der Waals surface area contributed by atoms with E-state index >= 15 is 0 Å². The zero-order valence-corrected chi connectivity index (χ0v) is 15.2. The van der Waals surface area contributed by atoms with Gasteiger partial charge in [0.1, 0.15) is 0 Å². The lowest BCUT2D eigenvalue weighted by Gasteiger charge is -2.28. The summed E-state index contributed by atoms with van der Waals surface area (Å²) < 4.78 is 28.3. The molecule has 1 aliphatic heterocycles. The summed E-state index contributed by atoms with van der Waals surface area (Å²) in [6.07, 6.45) is 5.51. The first-order valence-electron chi connectivity index (χ1n) is 8.70. The van der Waals surface area contributed by atoms with E-state index in [-0.39, 0.29) is 12.3 Å². The highest BCUT2D eigenvalue weighted by atomic mass is 19.3. The third-order valence-electron chi connectivity index (χ3n) is 4.94. The molecule has 1 amide bonds. The molecule has 0 atom stereocenters.